The molecule has 2 rings (SSSR count). The lowest BCUT2D eigenvalue weighted by Crippen LogP contribution is -2.13. The second-order valence-corrected chi connectivity index (χ2v) is 5.30. The zero-order chi connectivity index (χ0) is 13.7. The van der Waals surface area contributed by atoms with Crippen LogP contribution in [0.5, 0.6) is 5.75 Å². The number of ether oxygens (including phenoxy) is 1. The highest BCUT2D eigenvalue weighted by atomic mass is 16.5. The smallest absolute Gasteiger partial charge is 0.341 e. The predicted molar refractivity (Wildman–Crippen MR) is 72.6 cm³/mol. The second kappa shape index (κ2) is 6.55. The number of hydrogen-bond donors (Lipinski definition) is 1. The fraction of sp³-hybridized carbons (Fsp3) is 0.600. The molecule has 19 heavy (non-hydrogen) atoms. The van der Waals surface area contributed by atoms with E-state index in [0.717, 1.165) is 5.69 Å². The molecule has 1 aromatic heterocycles. The molecule has 1 aliphatic carbocycles. The Morgan fingerprint density at radius 3 is 2.68 bits per heavy atom. The minimum absolute atomic E-state index is 0.152. The molecule has 1 aliphatic rings. The Kier molecular flexibility index (Phi) is 4.77. The Hall–Kier alpha value is -1.58. The first-order valence-electron chi connectivity index (χ1n) is 6.99. The van der Waals surface area contributed by atoms with Crippen molar-refractivity contribution in [1.82, 2.24) is 4.98 Å². The van der Waals surface area contributed by atoms with E-state index >= 15 is 0 Å². The maximum absolute atomic E-state index is 11.1. The molecule has 0 unspecified atom stereocenters. The largest absolute Gasteiger partial charge is 0.492 e. The molecule has 0 aromatic carbocycles. The highest BCUT2D eigenvalue weighted by Crippen LogP contribution is 2.25. The van der Waals surface area contributed by atoms with Crippen LogP contribution in [0.4, 0.5) is 0 Å². The molecule has 0 saturated heterocycles. The van der Waals surface area contributed by atoms with Gasteiger partial charge in [0.05, 0.1) is 6.61 Å². The SMILES string of the molecule is Cc1cc(OCC2CCCCCC2)c(C(=O)O)cn1. The van der Waals surface area contributed by atoms with Crippen LogP contribution in [0.15, 0.2) is 12.3 Å². The molecule has 0 radical (unpaired) electrons. The minimum atomic E-state index is -0.983. The van der Waals surface area contributed by atoms with E-state index in [1.807, 2.05) is 6.92 Å². The maximum atomic E-state index is 11.1. The van der Waals surface area contributed by atoms with Crippen molar-refractivity contribution in [2.24, 2.45) is 5.92 Å². The van der Waals surface area contributed by atoms with Gasteiger partial charge in [-0.1, -0.05) is 25.7 Å². The van der Waals surface area contributed by atoms with Crippen molar-refractivity contribution >= 4 is 5.97 Å². The van der Waals surface area contributed by atoms with Crippen molar-refractivity contribution in [2.45, 2.75) is 45.4 Å². The lowest BCUT2D eigenvalue weighted by molar-refractivity contribution is 0.0690. The van der Waals surface area contributed by atoms with Gasteiger partial charge in [-0.15, -0.1) is 0 Å². The molecule has 1 heterocycles. The Bertz CT molecular complexity index is 437. The van der Waals surface area contributed by atoms with Crippen molar-refractivity contribution in [1.29, 1.82) is 0 Å². The molecule has 0 spiro atoms. The molecule has 0 atom stereocenters. The third-order valence-corrected chi connectivity index (χ3v) is 3.68. The second-order valence-electron chi connectivity index (χ2n) is 5.30. The van der Waals surface area contributed by atoms with Gasteiger partial charge in [0.1, 0.15) is 11.3 Å². The van der Waals surface area contributed by atoms with E-state index in [9.17, 15) is 4.79 Å². The van der Waals surface area contributed by atoms with E-state index in [4.69, 9.17) is 9.84 Å². The summed E-state index contributed by atoms with van der Waals surface area (Å²) in [5.41, 5.74) is 0.931. The fourth-order valence-electron chi connectivity index (χ4n) is 2.55. The number of aromatic nitrogens is 1. The number of nitrogens with zero attached hydrogens (tertiary/aromatic N) is 1. The Balaban J connectivity index is 2.01. The lowest BCUT2D eigenvalue weighted by atomic mass is 10.0. The number of carboxylic acid groups (broad SMARTS) is 1. The van der Waals surface area contributed by atoms with Crippen molar-refractivity contribution in [3.05, 3.63) is 23.5 Å². The maximum Gasteiger partial charge on any atom is 0.341 e. The number of aryl methyl sites for hydroxylation is 1. The van der Waals surface area contributed by atoms with Gasteiger partial charge in [-0.3, -0.25) is 4.98 Å². The average molecular weight is 263 g/mol. The minimum Gasteiger partial charge on any atom is -0.492 e. The van der Waals surface area contributed by atoms with Crippen LogP contribution in [0.1, 0.15) is 54.6 Å². The van der Waals surface area contributed by atoms with Gasteiger partial charge in [0.2, 0.25) is 0 Å². The van der Waals surface area contributed by atoms with Crippen LogP contribution in [0.2, 0.25) is 0 Å². The standard InChI is InChI=1S/C15H21NO3/c1-11-8-14(13(9-16-11)15(17)18)19-10-12-6-4-2-3-5-7-12/h8-9,12H,2-7,10H2,1H3,(H,17,18). The van der Waals surface area contributed by atoms with Gasteiger partial charge < -0.3 is 9.84 Å². The van der Waals surface area contributed by atoms with E-state index < -0.39 is 5.97 Å². The van der Waals surface area contributed by atoms with Gasteiger partial charge in [0.15, 0.2) is 0 Å². The van der Waals surface area contributed by atoms with E-state index in [0.29, 0.717) is 18.3 Å². The number of carboxylic acids is 1. The van der Waals surface area contributed by atoms with E-state index in [1.165, 1.54) is 44.7 Å². The number of hydrogen-bond acceptors (Lipinski definition) is 3. The van der Waals surface area contributed by atoms with Crippen molar-refractivity contribution < 1.29 is 14.6 Å². The molecule has 0 aliphatic heterocycles. The molecule has 104 valence electrons. The first-order chi connectivity index (χ1) is 9.16. The van der Waals surface area contributed by atoms with Gasteiger partial charge in [0.25, 0.3) is 0 Å². The van der Waals surface area contributed by atoms with Crippen LogP contribution in [-0.2, 0) is 0 Å². The molecule has 1 saturated carbocycles. The summed E-state index contributed by atoms with van der Waals surface area (Å²) in [5.74, 6) is 0.0187. The number of carbonyl (C=O) groups is 1. The summed E-state index contributed by atoms with van der Waals surface area (Å²) in [4.78, 5) is 15.1. The van der Waals surface area contributed by atoms with Crippen LogP contribution in [-0.4, -0.2) is 22.7 Å². The van der Waals surface area contributed by atoms with Crippen molar-refractivity contribution in [3.8, 4) is 5.75 Å². The summed E-state index contributed by atoms with van der Waals surface area (Å²) in [6.07, 6.45) is 8.89. The topological polar surface area (TPSA) is 59.4 Å². The third kappa shape index (κ3) is 3.94. The van der Waals surface area contributed by atoms with Crippen LogP contribution >= 0.6 is 0 Å². The summed E-state index contributed by atoms with van der Waals surface area (Å²) in [6.45, 7) is 2.45. The molecule has 1 N–H and O–H groups in total. The third-order valence-electron chi connectivity index (χ3n) is 3.68. The summed E-state index contributed by atoms with van der Waals surface area (Å²) in [5, 5.41) is 9.12. The molecular weight excluding hydrogens is 242 g/mol. The van der Waals surface area contributed by atoms with Gasteiger partial charge >= 0.3 is 5.97 Å². The Morgan fingerprint density at radius 1 is 1.37 bits per heavy atom. The number of pyridine rings is 1. The highest BCUT2D eigenvalue weighted by Gasteiger charge is 2.16. The first kappa shape index (κ1) is 13.8. The van der Waals surface area contributed by atoms with Crippen LogP contribution in [0, 0.1) is 12.8 Å². The van der Waals surface area contributed by atoms with Crippen LogP contribution in [0.25, 0.3) is 0 Å². The van der Waals surface area contributed by atoms with Crippen molar-refractivity contribution in [2.75, 3.05) is 6.61 Å². The lowest BCUT2D eigenvalue weighted by Gasteiger charge is -2.16. The van der Waals surface area contributed by atoms with Crippen LogP contribution < -0.4 is 4.74 Å². The molecule has 4 heteroatoms. The zero-order valence-corrected chi connectivity index (χ0v) is 11.4. The highest BCUT2D eigenvalue weighted by molar-refractivity contribution is 5.90. The average Bonchev–Trinajstić information content (AvgIpc) is 2.64. The summed E-state index contributed by atoms with van der Waals surface area (Å²) < 4.78 is 5.75. The van der Waals surface area contributed by atoms with Gasteiger partial charge in [-0.2, -0.15) is 0 Å². The summed E-state index contributed by atoms with van der Waals surface area (Å²) >= 11 is 0. The molecular formula is C15H21NO3. The molecule has 4 nitrogen and oxygen atoms in total. The van der Waals surface area contributed by atoms with Crippen molar-refractivity contribution in [3.63, 3.8) is 0 Å². The first-order valence-corrected chi connectivity index (χ1v) is 6.99. The van der Waals surface area contributed by atoms with E-state index in [1.54, 1.807) is 6.07 Å². The molecule has 1 fully saturated rings. The van der Waals surface area contributed by atoms with Gasteiger partial charge in [0, 0.05) is 18.0 Å². The van der Waals surface area contributed by atoms with E-state index in [-0.39, 0.29) is 5.56 Å². The molecule has 0 amide bonds. The van der Waals surface area contributed by atoms with E-state index in [2.05, 4.69) is 4.98 Å². The quantitative estimate of drug-likeness (QED) is 0.845. The van der Waals surface area contributed by atoms with Gasteiger partial charge in [-0.25, -0.2) is 4.79 Å². The summed E-state index contributed by atoms with van der Waals surface area (Å²) in [6, 6.07) is 1.71. The summed E-state index contributed by atoms with van der Waals surface area (Å²) in [7, 11) is 0. The number of aromatic carboxylic acids is 1. The number of rotatable bonds is 4. The fourth-order valence-corrected chi connectivity index (χ4v) is 2.55. The normalized spacial score (nSPS) is 16.9. The van der Waals surface area contributed by atoms with Crippen LogP contribution in [0.3, 0.4) is 0 Å². The molecule has 1 aromatic rings. The predicted octanol–water partition coefficient (Wildman–Crippen LogP) is 3.44. The Morgan fingerprint density at radius 2 is 2.05 bits per heavy atom. The Labute approximate surface area is 113 Å². The molecule has 0 bridgehead atoms. The monoisotopic (exact) mass is 263 g/mol. The zero-order valence-electron chi connectivity index (χ0n) is 11.4. The van der Waals surface area contributed by atoms with Gasteiger partial charge in [-0.05, 0) is 25.7 Å².